The Hall–Kier alpha value is -9.06. The van der Waals surface area contributed by atoms with Gasteiger partial charge in [-0.2, -0.15) is 0 Å². The number of carboxylic acids is 5. The molecule has 0 saturated carbocycles. The Morgan fingerprint density at radius 1 is 0.400 bits per heavy atom. The van der Waals surface area contributed by atoms with E-state index in [0.29, 0.717) is 11.1 Å². The predicted molar refractivity (Wildman–Crippen MR) is 321 cm³/mol. The van der Waals surface area contributed by atoms with Crippen LogP contribution in [0.15, 0.2) is 60.7 Å². The van der Waals surface area contributed by atoms with Gasteiger partial charge < -0.3 is 84.2 Å². The van der Waals surface area contributed by atoms with E-state index in [2.05, 4.69) is 42.5 Å². The molecule has 0 radical (unpaired) electrons. The van der Waals surface area contributed by atoms with Crippen molar-refractivity contribution in [1.82, 2.24) is 47.9 Å². The molecule has 0 aliphatic heterocycles. The van der Waals surface area contributed by atoms with Gasteiger partial charge in [-0.25, -0.2) is 4.79 Å². The third kappa shape index (κ3) is 28.8. The molecule has 498 valence electrons. The molecular formula is C60H88N10O20. The zero-order chi connectivity index (χ0) is 68.1. The summed E-state index contributed by atoms with van der Waals surface area (Å²) >= 11 is 0. The van der Waals surface area contributed by atoms with Crippen molar-refractivity contribution >= 4 is 83.0 Å². The number of hydrogen-bond acceptors (Lipinski definition) is 16. The fraction of sp³-hybridized carbons (Fsp3) is 0.567. The minimum Gasteiger partial charge on any atom is -0.481 e. The summed E-state index contributed by atoms with van der Waals surface area (Å²) < 4.78 is 0. The number of nitrogens with one attached hydrogen (secondary N) is 9. The average molecular weight is 1270 g/mol. The number of rotatable bonds is 41. The summed E-state index contributed by atoms with van der Waals surface area (Å²) in [7, 11) is 0. The van der Waals surface area contributed by atoms with Gasteiger partial charge in [-0.3, -0.25) is 62.3 Å². The van der Waals surface area contributed by atoms with Crippen LogP contribution in [0.4, 0.5) is 0 Å². The summed E-state index contributed by atoms with van der Waals surface area (Å²) in [4.78, 5) is 182. The van der Waals surface area contributed by atoms with E-state index in [0.717, 1.165) is 0 Å². The van der Waals surface area contributed by atoms with E-state index >= 15 is 0 Å². The van der Waals surface area contributed by atoms with Crippen molar-refractivity contribution in [3.8, 4) is 0 Å². The van der Waals surface area contributed by atoms with Crippen molar-refractivity contribution in [2.75, 3.05) is 0 Å². The summed E-state index contributed by atoms with van der Waals surface area (Å²) in [5, 5.41) is 80.5. The normalized spacial score (nSPS) is 15.2. The molecule has 2 aromatic carbocycles. The number of carbonyl (C=O) groups is 14. The minimum absolute atomic E-state index is 0.0162. The standard InChI is InChI=1S/C60H88N10O20/c1-30(2)23-39(64-58(87)43(28-48(76)77)67-56(85)40(24-31(3)4)65-53(82)37(61)19-21-46(72)73)45(71)25-33(7)51(80)70-50(32(5)6)59(88)68-42(27-36-17-13-10-14-18-36)57(86)66-41(26-35-15-11-9-12-16-35)55(84)62-34(8)52(81)63-38(20-22-47(74)75)54(83)69-44(60(89)90)29-49(78)79/h9-18,30-34,37-45,50,71H,19-29,61H2,1-8H3,(H,62,84)(H,63,81)(H,64,87)(H,65,82)(H,66,86)(H,67,85)(H,68,88)(H,69,83)(H,70,80)(H,72,73)(H,74,75)(H,76,77)(H,78,79)(H,89,90)/t33-,34+,37+,38+,39+,40+,41+,42+,43+,44+,45+,50+/m1/s1. The second-order valence-corrected chi connectivity index (χ2v) is 23.3. The Morgan fingerprint density at radius 3 is 1.29 bits per heavy atom. The number of amides is 9. The van der Waals surface area contributed by atoms with E-state index < -0.39 is 193 Å². The fourth-order valence-electron chi connectivity index (χ4n) is 9.13. The van der Waals surface area contributed by atoms with E-state index in [1.807, 2.05) is 5.32 Å². The lowest BCUT2D eigenvalue weighted by Gasteiger charge is -2.31. The maximum Gasteiger partial charge on any atom is 0.326 e. The van der Waals surface area contributed by atoms with Gasteiger partial charge in [0, 0.05) is 31.6 Å². The summed E-state index contributed by atoms with van der Waals surface area (Å²) in [6.07, 6.45) is -5.99. The lowest BCUT2D eigenvalue weighted by atomic mass is 9.91. The van der Waals surface area contributed by atoms with Gasteiger partial charge in [0.15, 0.2) is 0 Å². The van der Waals surface area contributed by atoms with E-state index in [1.165, 1.54) is 13.8 Å². The number of aliphatic hydroxyl groups is 1. The molecule has 0 fully saturated rings. The maximum atomic E-state index is 14.5. The lowest BCUT2D eigenvalue weighted by Crippen LogP contribution is -2.60. The molecule has 0 aromatic heterocycles. The number of carbonyl (C=O) groups excluding carboxylic acids is 9. The molecule has 17 N–H and O–H groups in total. The molecular weight excluding hydrogens is 1180 g/mol. The molecule has 30 heteroatoms. The van der Waals surface area contributed by atoms with Crippen LogP contribution in [0.5, 0.6) is 0 Å². The lowest BCUT2D eigenvalue weighted by molar-refractivity contribution is -0.147. The van der Waals surface area contributed by atoms with Crippen molar-refractivity contribution in [3.63, 3.8) is 0 Å². The quantitative estimate of drug-likeness (QED) is 0.0383. The Bertz CT molecular complexity index is 2800. The van der Waals surface area contributed by atoms with Crippen LogP contribution < -0.4 is 53.6 Å². The molecule has 0 aliphatic rings. The zero-order valence-corrected chi connectivity index (χ0v) is 51.7. The SMILES string of the molecule is CC(C)C[C@H](NC(=O)[C@@H](N)CCC(=O)O)C(=O)N[C@@H](CC(=O)O)C(=O)N[C@@H](CC(C)C)[C@@H](O)C[C@@H](C)C(=O)N[C@H](C(=O)N[C@@H](Cc1ccccc1)C(=O)N[C@@H](Cc1ccccc1)C(=O)N[C@@H](C)C(=O)N[C@@H](CCC(=O)O)C(=O)N[C@@H](CC(=O)O)C(=O)O)C(C)C. The molecule has 0 spiro atoms. The third-order valence-corrected chi connectivity index (χ3v) is 14.0. The molecule has 30 nitrogen and oxygen atoms in total. The van der Waals surface area contributed by atoms with Gasteiger partial charge in [-0.15, -0.1) is 0 Å². The monoisotopic (exact) mass is 1270 g/mol. The number of carboxylic acid groups (broad SMARTS) is 5. The molecule has 2 aromatic rings. The first-order valence-corrected chi connectivity index (χ1v) is 29.4. The number of benzene rings is 2. The van der Waals surface area contributed by atoms with Crippen LogP contribution in [0.25, 0.3) is 0 Å². The van der Waals surface area contributed by atoms with Gasteiger partial charge in [-0.1, -0.05) is 109 Å². The first kappa shape index (κ1) is 77.0. The van der Waals surface area contributed by atoms with Crippen LogP contribution >= 0.6 is 0 Å². The molecule has 0 bridgehead atoms. The highest BCUT2D eigenvalue weighted by atomic mass is 16.4. The third-order valence-electron chi connectivity index (χ3n) is 14.0. The largest absolute Gasteiger partial charge is 0.481 e. The van der Waals surface area contributed by atoms with Gasteiger partial charge in [0.05, 0.1) is 31.0 Å². The molecule has 0 heterocycles. The van der Waals surface area contributed by atoms with Crippen LogP contribution in [-0.2, 0) is 80.0 Å². The maximum absolute atomic E-state index is 14.5. The van der Waals surface area contributed by atoms with Crippen molar-refractivity contribution < 1.29 is 97.8 Å². The highest BCUT2D eigenvalue weighted by molar-refractivity contribution is 5.98. The van der Waals surface area contributed by atoms with Crippen LogP contribution in [0.2, 0.25) is 0 Å². The van der Waals surface area contributed by atoms with Crippen LogP contribution in [-0.4, -0.2) is 180 Å². The second kappa shape index (κ2) is 38.4. The second-order valence-electron chi connectivity index (χ2n) is 23.3. The number of hydrogen-bond donors (Lipinski definition) is 16. The first-order chi connectivity index (χ1) is 42.1. The Balaban J connectivity index is 2.40. The predicted octanol–water partition coefficient (Wildman–Crippen LogP) is -0.919. The average Bonchev–Trinajstić information content (AvgIpc) is 1.90. The molecule has 0 saturated heterocycles. The first-order valence-electron chi connectivity index (χ1n) is 29.4. The van der Waals surface area contributed by atoms with Crippen molar-refractivity contribution in [3.05, 3.63) is 71.8 Å². The molecule has 0 unspecified atom stereocenters. The van der Waals surface area contributed by atoms with Crippen LogP contribution in [0.3, 0.4) is 0 Å². The molecule has 0 aliphatic carbocycles. The van der Waals surface area contributed by atoms with Gasteiger partial charge in [0.2, 0.25) is 53.2 Å². The molecule has 9 amide bonds. The van der Waals surface area contributed by atoms with E-state index in [4.69, 9.17) is 15.9 Å². The summed E-state index contributed by atoms with van der Waals surface area (Å²) in [6, 6.07) is 1.77. The zero-order valence-electron chi connectivity index (χ0n) is 51.7. The smallest absolute Gasteiger partial charge is 0.326 e. The Kier molecular flexibility index (Phi) is 32.8. The molecule has 12 atom stereocenters. The van der Waals surface area contributed by atoms with Crippen LogP contribution in [0, 0.1) is 23.7 Å². The van der Waals surface area contributed by atoms with Crippen molar-refractivity contribution in [2.24, 2.45) is 29.4 Å². The summed E-state index contributed by atoms with van der Waals surface area (Å²) in [6.45, 7) is 12.9. The number of nitrogens with two attached hydrogens (primary N) is 1. The highest BCUT2D eigenvalue weighted by Crippen LogP contribution is 2.18. The topological polar surface area (TPSA) is 495 Å². The Labute approximate surface area is 520 Å². The number of aliphatic hydroxyl groups excluding tert-OH is 1. The molecule has 2 rings (SSSR count). The van der Waals surface area contributed by atoms with Crippen molar-refractivity contribution in [2.45, 2.75) is 193 Å². The van der Waals surface area contributed by atoms with Crippen molar-refractivity contribution in [1.29, 1.82) is 0 Å². The van der Waals surface area contributed by atoms with Gasteiger partial charge in [-0.05, 0) is 67.9 Å². The summed E-state index contributed by atoms with van der Waals surface area (Å²) in [5.41, 5.74) is 6.93. The van der Waals surface area contributed by atoms with Gasteiger partial charge in [0.25, 0.3) is 0 Å². The van der Waals surface area contributed by atoms with Crippen LogP contribution in [0.1, 0.15) is 124 Å². The number of aliphatic carboxylic acids is 5. The van der Waals surface area contributed by atoms with Gasteiger partial charge in [0.1, 0.15) is 48.3 Å². The minimum atomic E-state index is -1.95. The summed E-state index contributed by atoms with van der Waals surface area (Å²) in [5.74, 6) is -18.1. The van der Waals surface area contributed by atoms with E-state index in [-0.39, 0.29) is 50.4 Å². The van der Waals surface area contributed by atoms with E-state index in [1.54, 1.807) is 102 Å². The molecule has 90 heavy (non-hydrogen) atoms. The van der Waals surface area contributed by atoms with Gasteiger partial charge >= 0.3 is 29.8 Å². The van der Waals surface area contributed by atoms with E-state index in [9.17, 15) is 87.5 Å². The fourth-order valence-corrected chi connectivity index (χ4v) is 9.13. The highest BCUT2D eigenvalue weighted by Gasteiger charge is 2.37. The Morgan fingerprint density at radius 2 is 0.811 bits per heavy atom.